The van der Waals surface area contributed by atoms with Crippen LogP contribution < -0.4 is 5.32 Å². The van der Waals surface area contributed by atoms with Crippen LogP contribution in [0.4, 0.5) is 0 Å². The smallest absolute Gasteiger partial charge is 0.336 e. The first-order valence-corrected chi connectivity index (χ1v) is 8.11. The molecule has 1 unspecified atom stereocenters. The average Bonchev–Trinajstić information content (AvgIpc) is 2.59. The van der Waals surface area contributed by atoms with Gasteiger partial charge in [0.25, 0.3) is 5.91 Å². The van der Waals surface area contributed by atoms with Crippen LogP contribution in [0, 0.1) is 0 Å². The summed E-state index contributed by atoms with van der Waals surface area (Å²) in [5, 5.41) is 2.88. The van der Waals surface area contributed by atoms with Gasteiger partial charge in [-0.3, -0.25) is 4.79 Å². The third-order valence-corrected chi connectivity index (χ3v) is 3.45. The highest BCUT2D eigenvalue weighted by Crippen LogP contribution is 2.24. The van der Waals surface area contributed by atoms with Crippen LogP contribution in [-0.2, 0) is 9.53 Å². The van der Waals surface area contributed by atoms with Gasteiger partial charge in [0, 0.05) is 5.56 Å². The van der Waals surface area contributed by atoms with Crippen LogP contribution in [0.25, 0.3) is 0 Å². The van der Waals surface area contributed by atoms with Gasteiger partial charge in [-0.1, -0.05) is 55.1 Å². The Morgan fingerprint density at radius 3 is 2.00 bits per heavy atom. The first-order chi connectivity index (χ1) is 11.8. The van der Waals surface area contributed by atoms with Crippen molar-refractivity contribution in [3.63, 3.8) is 0 Å². The monoisotopic (exact) mass is 337 g/mol. The van der Waals surface area contributed by atoms with Gasteiger partial charge in [0.2, 0.25) is 0 Å². The summed E-state index contributed by atoms with van der Waals surface area (Å²) in [4.78, 5) is 25.0. The van der Waals surface area contributed by atoms with Crippen LogP contribution in [0.2, 0.25) is 0 Å². The Labute approximate surface area is 148 Å². The zero-order valence-electron chi connectivity index (χ0n) is 14.8. The molecule has 0 aliphatic rings. The van der Waals surface area contributed by atoms with Crippen molar-refractivity contribution in [3.05, 3.63) is 83.9 Å². The van der Waals surface area contributed by atoms with E-state index in [2.05, 4.69) is 11.9 Å². The highest BCUT2D eigenvalue weighted by atomic mass is 16.6. The van der Waals surface area contributed by atoms with Gasteiger partial charge in [0.1, 0.15) is 5.60 Å². The molecule has 0 aliphatic heterocycles. The van der Waals surface area contributed by atoms with Gasteiger partial charge in [-0.2, -0.15) is 0 Å². The van der Waals surface area contributed by atoms with E-state index < -0.39 is 17.6 Å². The molecule has 2 aromatic rings. The van der Waals surface area contributed by atoms with Crippen molar-refractivity contribution >= 4 is 11.9 Å². The predicted octanol–water partition coefficient (Wildman–Crippen LogP) is 4.06. The molecule has 1 amide bonds. The number of carbonyl (C=O) groups is 2. The quantitative estimate of drug-likeness (QED) is 0.661. The van der Waals surface area contributed by atoms with E-state index in [4.69, 9.17) is 4.74 Å². The van der Waals surface area contributed by atoms with Gasteiger partial charge in [-0.25, -0.2) is 4.79 Å². The molecule has 0 spiro atoms. The van der Waals surface area contributed by atoms with Crippen LogP contribution in [0.1, 0.15) is 42.7 Å². The maximum atomic E-state index is 12.5. The highest BCUT2D eigenvalue weighted by Gasteiger charge is 2.27. The normalized spacial score (nSPS) is 12.1. The molecule has 0 saturated carbocycles. The largest absolute Gasteiger partial charge is 0.457 e. The molecule has 2 aromatic carbocycles. The summed E-state index contributed by atoms with van der Waals surface area (Å²) in [6.45, 7) is 9.24. The van der Waals surface area contributed by atoms with Gasteiger partial charge in [-0.15, -0.1) is 0 Å². The Hall–Kier alpha value is -2.88. The summed E-state index contributed by atoms with van der Waals surface area (Å²) in [5.41, 5.74) is 0.832. The summed E-state index contributed by atoms with van der Waals surface area (Å²) in [6, 6.07) is 17.4. The number of ether oxygens (including phenoxy) is 1. The number of rotatable bonds is 5. The second kappa shape index (κ2) is 7.79. The van der Waals surface area contributed by atoms with Crippen molar-refractivity contribution < 1.29 is 14.3 Å². The number of hydrogen-bond acceptors (Lipinski definition) is 3. The molecule has 0 aromatic heterocycles. The lowest BCUT2D eigenvalue weighted by molar-refractivity contribution is -0.150. The maximum absolute atomic E-state index is 12.5. The average molecular weight is 337 g/mol. The third-order valence-electron chi connectivity index (χ3n) is 3.45. The topological polar surface area (TPSA) is 55.4 Å². The summed E-state index contributed by atoms with van der Waals surface area (Å²) < 4.78 is 5.40. The zero-order chi connectivity index (χ0) is 18.4. The van der Waals surface area contributed by atoms with Crippen LogP contribution in [-0.4, -0.2) is 17.5 Å². The van der Waals surface area contributed by atoms with E-state index in [9.17, 15) is 9.59 Å². The third kappa shape index (κ3) is 5.31. The number of nitrogens with one attached hydrogen (secondary N) is 1. The Kier molecular flexibility index (Phi) is 5.75. The lowest BCUT2D eigenvalue weighted by atomic mass is 9.99. The Morgan fingerprint density at radius 2 is 1.48 bits per heavy atom. The van der Waals surface area contributed by atoms with Crippen molar-refractivity contribution in [2.24, 2.45) is 0 Å². The number of amides is 1. The van der Waals surface area contributed by atoms with Crippen molar-refractivity contribution in [1.29, 1.82) is 0 Å². The second-order valence-corrected chi connectivity index (χ2v) is 6.71. The van der Waals surface area contributed by atoms with Crippen LogP contribution in [0.3, 0.4) is 0 Å². The van der Waals surface area contributed by atoms with E-state index in [-0.39, 0.29) is 11.5 Å². The van der Waals surface area contributed by atoms with Crippen molar-refractivity contribution in [1.82, 2.24) is 5.32 Å². The first-order valence-electron chi connectivity index (χ1n) is 8.11. The minimum absolute atomic E-state index is 0.186. The Balaban J connectivity index is 2.26. The molecule has 130 valence electrons. The van der Waals surface area contributed by atoms with E-state index in [1.807, 2.05) is 36.4 Å². The van der Waals surface area contributed by atoms with E-state index >= 15 is 0 Å². The number of carbonyl (C=O) groups excluding carboxylic acids is 2. The van der Waals surface area contributed by atoms with Crippen molar-refractivity contribution in [2.45, 2.75) is 32.4 Å². The van der Waals surface area contributed by atoms with Crippen LogP contribution in [0.15, 0.2) is 72.8 Å². The number of hydrogen-bond donors (Lipinski definition) is 1. The number of esters is 1. The summed E-state index contributed by atoms with van der Waals surface area (Å²) in [5.74, 6) is -0.811. The van der Waals surface area contributed by atoms with E-state index in [1.165, 1.54) is 0 Å². The van der Waals surface area contributed by atoms with Crippen LogP contribution >= 0.6 is 0 Å². The molecule has 1 N–H and O–H groups in total. The molecule has 0 bridgehead atoms. The van der Waals surface area contributed by atoms with Gasteiger partial charge in [0.15, 0.2) is 0 Å². The molecule has 25 heavy (non-hydrogen) atoms. The fraction of sp³-hybridized carbons (Fsp3) is 0.238. The zero-order valence-corrected chi connectivity index (χ0v) is 14.8. The van der Waals surface area contributed by atoms with Gasteiger partial charge in [0.05, 0.1) is 11.6 Å². The van der Waals surface area contributed by atoms with Gasteiger partial charge < -0.3 is 10.1 Å². The first kappa shape index (κ1) is 18.5. The predicted molar refractivity (Wildman–Crippen MR) is 98.1 cm³/mol. The molecule has 4 heteroatoms. The molecular formula is C21H23NO3. The fourth-order valence-electron chi connectivity index (χ4n) is 2.28. The van der Waals surface area contributed by atoms with Crippen LogP contribution in [0.5, 0.6) is 0 Å². The summed E-state index contributed by atoms with van der Waals surface area (Å²) >= 11 is 0. The molecule has 0 radical (unpaired) electrons. The van der Waals surface area contributed by atoms with E-state index in [1.54, 1.807) is 45.0 Å². The Morgan fingerprint density at radius 1 is 0.960 bits per heavy atom. The number of benzene rings is 2. The highest BCUT2D eigenvalue weighted by molar-refractivity contribution is 5.96. The van der Waals surface area contributed by atoms with Gasteiger partial charge >= 0.3 is 5.97 Å². The molecule has 4 nitrogen and oxygen atoms in total. The molecule has 0 fully saturated rings. The van der Waals surface area contributed by atoms with Crippen molar-refractivity contribution in [2.75, 3.05) is 0 Å². The molecule has 2 rings (SSSR count). The lowest BCUT2D eigenvalue weighted by Crippen LogP contribution is -2.34. The maximum Gasteiger partial charge on any atom is 0.336 e. The summed E-state index contributed by atoms with van der Waals surface area (Å²) in [7, 11) is 0. The fourth-order valence-corrected chi connectivity index (χ4v) is 2.28. The second-order valence-electron chi connectivity index (χ2n) is 6.71. The standard InChI is InChI=1S/C21H23NO3/c1-15(20(24)25-21(2,3)4)18(16-11-7-5-8-12-16)22-19(23)17-13-9-6-10-14-17/h5-14,18H,1H2,2-4H3,(H,22,23). The van der Waals surface area contributed by atoms with E-state index in [0.717, 1.165) is 5.56 Å². The molecule has 0 saturated heterocycles. The van der Waals surface area contributed by atoms with E-state index in [0.29, 0.717) is 5.56 Å². The summed E-state index contributed by atoms with van der Waals surface area (Å²) in [6.07, 6.45) is 0. The molecular weight excluding hydrogens is 314 g/mol. The lowest BCUT2D eigenvalue weighted by Gasteiger charge is -2.25. The minimum Gasteiger partial charge on any atom is -0.457 e. The molecule has 0 aliphatic carbocycles. The molecule has 1 atom stereocenters. The minimum atomic E-state index is -0.663. The van der Waals surface area contributed by atoms with Gasteiger partial charge in [-0.05, 0) is 38.5 Å². The van der Waals surface area contributed by atoms with Crippen molar-refractivity contribution in [3.8, 4) is 0 Å². The molecule has 0 heterocycles. The SMILES string of the molecule is C=C(C(=O)OC(C)(C)C)C(NC(=O)c1ccccc1)c1ccccc1. The Bertz CT molecular complexity index is 746.